The molecule has 2 heterocycles. The Morgan fingerprint density at radius 2 is 1.93 bits per heavy atom. The van der Waals surface area contributed by atoms with Crippen LogP contribution in [0.3, 0.4) is 0 Å². The number of imidazole rings is 1. The van der Waals surface area contributed by atoms with Crippen LogP contribution in [-0.4, -0.2) is 26.9 Å². The van der Waals surface area contributed by atoms with E-state index in [0.717, 1.165) is 48.5 Å². The highest BCUT2D eigenvalue weighted by atomic mass is 35.5. The van der Waals surface area contributed by atoms with Crippen molar-refractivity contribution in [3.05, 3.63) is 76.1 Å². The molecule has 4 rings (SSSR count). The molecule has 5 heteroatoms. The van der Waals surface area contributed by atoms with Crippen LogP contribution in [-0.2, 0) is 19.5 Å². The number of nitrogens with zero attached hydrogens (tertiary/aromatic N) is 3. The number of benzene rings is 2. The Hall–Kier alpha value is -2.59. The summed E-state index contributed by atoms with van der Waals surface area (Å²) in [5.41, 5.74) is 5.04. The van der Waals surface area contributed by atoms with E-state index in [9.17, 15) is 4.79 Å². The van der Waals surface area contributed by atoms with Gasteiger partial charge in [0.2, 0.25) is 0 Å². The lowest BCUT2D eigenvalue weighted by atomic mass is 10.1. The molecule has 0 radical (unpaired) electrons. The molecule has 1 aliphatic rings. The minimum absolute atomic E-state index is 0.0184. The number of carbonyl (C=O) groups is 1. The molecule has 2 aromatic carbocycles. The van der Waals surface area contributed by atoms with E-state index in [4.69, 9.17) is 16.6 Å². The zero-order valence-corrected chi connectivity index (χ0v) is 18.5. The van der Waals surface area contributed by atoms with E-state index in [1.54, 1.807) is 0 Å². The SMILES string of the molecule is CCN(Cc1cccc(C)c1)C(=O)c1nc(-c2ccc(Cl)cc2)n2c1CCCCC2. The van der Waals surface area contributed by atoms with Crippen molar-refractivity contribution in [3.63, 3.8) is 0 Å². The van der Waals surface area contributed by atoms with E-state index in [1.165, 1.54) is 12.0 Å². The molecule has 0 saturated heterocycles. The fourth-order valence-electron chi connectivity index (χ4n) is 4.22. The van der Waals surface area contributed by atoms with Crippen LogP contribution in [0.4, 0.5) is 0 Å². The molecule has 0 unspecified atom stereocenters. The van der Waals surface area contributed by atoms with E-state index in [2.05, 4.69) is 29.7 Å². The zero-order valence-electron chi connectivity index (χ0n) is 17.7. The van der Waals surface area contributed by atoms with Crippen LogP contribution in [0.5, 0.6) is 0 Å². The Bertz CT molecular complexity index is 1040. The zero-order chi connectivity index (χ0) is 21.1. The molecule has 0 atom stereocenters. The van der Waals surface area contributed by atoms with Crippen LogP contribution in [0.15, 0.2) is 48.5 Å². The van der Waals surface area contributed by atoms with E-state index >= 15 is 0 Å². The Kier molecular flexibility index (Phi) is 6.24. The Morgan fingerprint density at radius 1 is 1.13 bits per heavy atom. The third kappa shape index (κ3) is 4.29. The van der Waals surface area contributed by atoms with Crippen molar-refractivity contribution in [1.82, 2.24) is 14.5 Å². The minimum Gasteiger partial charge on any atom is -0.333 e. The number of amides is 1. The third-order valence-electron chi connectivity index (χ3n) is 5.80. The number of hydrogen-bond acceptors (Lipinski definition) is 2. The number of rotatable bonds is 5. The third-order valence-corrected chi connectivity index (χ3v) is 6.05. The smallest absolute Gasteiger partial charge is 0.274 e. The lowest BCUT2D eigenvalue weighted by molar-refractivity contribution is 0.0746. The van der Waals surface area contributed by atoms with Gasteiger partial charge >= 0.3 is 0 Å². The topological polar surface area (TPSA) is 38.1 Å². The summed E-state index contributed by atoms with van der Waals surface area (Å²) in [4.78, 5) is 20.4. The van der Waals surface area contributed by atoms with E-state index < -0.39 is 0 Å². The van der Waals surface area contributed by atoms with Gasteiger partial charge in [-0.2, -0.15) is 0 Å². The van der Waals surface area contributed by atoms with Crippen LogP contribution >= 0.6 is 11.6 Å². The average molecular weight is 422 g/mol. The predicted octanol–water partition coefficient (Wildman–Crippen LogP) is 5.90. The van der Waals surface area contributed by atoms with Crippen molar-refractivity contribution in [3.8, 4) is 11.4 Å². The van der Waals surface area contributed by atoms with Crippen LogP contribution in [0, 0.1) is 6.92 Å². The number of aromatic nitrogens is 2. The van der Waals surface area contributed by atoms with Gasteiger partial charge in [0.15, 0.2) is 0 Å². The molecule has 1 amide bonds. The molecular weight excluding hydrogens is 394 g/mol. The molecular formula is C25H28ClN3O. The summed E-state index contributed by atoms with van der Waals surface area (Å²) in [5.74, 6) is 0.892. The van der Waals surface area contributed by atoms with E-state index in [-0.39, 0.29) is 5.91 Å². The fourth-order valence-corrected chi connectivity index (χ4v) is 4.34. The second-order valence-corrected chi connectivity index (χ2v) is 8.44. The molecule has 4 nitrogen and oxygen atoms in total. The Morgan fingerprint density at radius 3 is 2.67 bits per heavy atom. The molecule has 0 bridgehead atoms. The fraction of sp³-hybridized carbons (Fsp3) is 0.360. The van der Waals surface area contributed by atoms with Gasteiger partial charge in [0.1, 0.15) is 11.5 Å². The van der Waals surface area contributed by atoms with Crippen LogP contribution in [0.2, 0.25) is 5.02 Å². The van der Waals surface area contributed by atoms with Gasteiger partial charge in [-0.15, -0.1) is 0 Å². The Balaban J connectivity index is 1.71. The molecule has 0 aliphatic carbocycles. The highest BCUT2D eigenvalue weighted by molar-refractivity contribution is 6.30. The maximum Gasteiger partial charge on any atom is 0.274 e. The van der Waals surface area contributed by atoms with Crippen molar-refractivity contribution >= 4 is 17.5 Å². The number of carbonyl (C=O) groups excluding carboxylic acids is 1. The van der Waals surface area contributed by atoms with Crippen LogP contribution in [0.1, 0.15) is 53.5 Å². The van der Waals surface area contributed by atoms with Gasteiger partial charge in [-0.1, -0.05) is 47.9 Å². The number of hydrogen-bond donors (Lipinski definition) is 0. The molecule has 1 aromatic heterocycles. The summed E-state index contributed by atoms with van der Waals surface area (Å²) in [6.07, 6.45) is 4.27. The largest absolute Gasteiger partial charge is 0.333 e. The van der Waals surface area contributed by atoms with Gasteiger partial charge in [0, 0.05) is 30.2 Å². The normalized spacial score (nSPS) is 13.6. The number of aryl methyl sites for hydroxylation is 1. The second kappa shape index (κ2) is 9.05. The first-order chi connectivity index (χ1) is 14.6. The Labute approximate surface area is 183 Å². The molecule has 0 fully saturated rings. The van der Waals surface area contributed by atoms with Crippen molar-refractivity contribution < 1.29 is 4.79 Å². The summed E-state index contributed by atoms with van der Waals surface area (Å²) in [6.45, 7) is 6.25. The summed E-state index contributed by atoms with van der Waals surface area (Å²) in [7, 11) is 0. The molecule has 0 N–H and O–H groups in total. The summed E-state index contributed by atoms with van der Waals surface area (Å²) in [5, 5.41) is 0.702. The molecule has 0 spiro atoms. The molecule has 30 heavy (non-hydrogen) atoms. The van der Waals surface area contributed by atoms with Crippen molar-refractivity contribution in [2.75, 3.05) is 6.54 Å². The van der Waals surface area contributed by atoms with Crippen molar-refractivity contribution in [1.29, 1.82) is 0 Å². The van der Waals surface area contributed by atoms with Gasteiger partial charge in [0.25, 0.3) is 5.91 Å². The molecule has 3 aromatic rings. The average Bonchev–Trinajstić information content (AvgIpc) is 2.93. The summed E-state index contributed by atoms with van der Waals surface area (Å²) >= 11 is 6.08. The molecule has 1 aliphatic heterocycles. The standard InChI is InChI=1S/C25H28ClN3O/c1-3-28(17-19-9-7-8-18(2)16-19)25(30)23-22-10-5-4-6-15-29(22)24(27-23)20-11-13-21(26)14-12-20/h7-9,11-14,16H,3-6,10,15,17H2,1-2H3. The van der Waals surface area contributed by atoms with E-state index in [0.29, 0.717) is 23.8 Å². The van der Waals surface area contributed by atoms with Gasteiger partial charge in [-0.05, 0) is 62.9 Å². The molecule has 0 saturated carbocycles. The van der Waals surface area contributed by atoms with Gasteiger partial charge in [-0.25, -0.2) is 4.98 Å². The first-order valence-electron chi connectivity index (χ1n) is 10.8. The molecule has 156 valence electrons. The van der Waals surface area contributed by atoms with Gasteiger partial charge in [-0.3, -0.25) is 4.79 Å². The summed E-state index contributed by atoms with van der Waals surface area (Å²) < 4.78 is 2.25. The number of fused-ring (bicyclic) bond motifs is 1. The van der Waals surface area contributed by atoms with Crippen LogP contribution in [0.25, 0.3) is 11.4 Å². The monoisotopic (exact) mass is 421 g/mol. The second-order valence-electron chi connectivity index (χ2n) is 8.01. The maximum atomic E-state index is 13.6. The predicted molar refractivity (Wildman–Crippen MR) is 122 cm³/mol. The summed E-state index contributed by atoms with van der Waals surface area (Å²) in [6, 6.07) is 16.1. The lowest BCUT2D eigenvalue weighted by Gasteiger charge is -2.21. The lowest BCUT2D eigenvalue weighted by Crippen LogP contribution is -2.31. The van der Waals surface area contributed by atoms with Crippen molar-refractivity contribution in [2.45, 2.75) is 52.6 Å². The minimum atomic E-state index is 0.0184. The van der Waals surface area contributed by atoms with Crippen LogP contribution < -0.4 is 0 Å². The number of halogens is 1. The van der Waals surface area contributed by atoms with Gasteiger partial charge in [0.05, 0.1) is 5.69 Å². The van der Waals surface area contributed by atoms with Crippen molar-refractivity contribution in [2.24, 2.45) is 0 Å². The highest BCUT2D eigenvalue weighted by Crippen LogP contribution is 2.29. The first-order valence-corrected chi connectivity index (χ1v) is 11.1. The quantitative estimate of drug-likeness (QED) is 0.514. The highest BCUT2D eigenvalue weighted by Gasteiger charge is 2.27. The van der Waals surface area contributed by atoms with E-state index in [1.807, 2.05) is 42.2 Å². The van der Waals surface area contributed by atoms with Gasteiger partial charge < -0.3 is 9.47 Å². The maximum absolute atomic E-state index is 13.6. The first kappa shape index (κ1) is 20.7.